The highest BCUT2D eigenvalue weighted by molar-refractivity contribution is 7.82. The molecular formula is C9H10O5S. The van der Waals surface area contributed by atoms with Crippen molar-refractivity contribution >= 4 is 16.4 Å². The van der Waals surface area contributed by atoms with Gasteiger partial charge in [0.1, 0.15) is 0 Å². The van der Waals surface area contributed by atoms with Gasteiger partial charge in [0.2, 0.25) is 0 Å². The molecule has 0 heterocycles. The topological polar surface area (TPSA) is 69.7 Å². The van der Waals surface area contributed by atoms with E-state index in [2.05, 4.69) is 8.37 Å². The summed E-state index contributed by atoms with van der Waals surface area (Å²) in [5.41, 5.74) is 1.11. The predicted octanol–water partition coefficient (Wildman–Crippen LogP) is 1.04. The van der Waals surface area contributed by atoms with Gasteiger partial charge in [0.15, 0.2) is 0 Å². The van der Waals surface area contributed by atoms with Crippen molar-refractivity contribution in [2.45, 2.75) is 6.92 Å². The Kier molecular flexibility index (Phi) is 3.43. The molecular weight excluding hydrogens is 220 g/mol. The molecule has 0 N–H and O–H groups in total. The predicted molar refractivity (Wildman–Crippen MR) is 52.5 cm³/mol. The van der Waals surface area contributed by atoms with Crippen molar-refractivity contribution < 1.29 is 21.6 Å². The van der Waals surface area contributed by atoms with Crippen LogP contribution >= 0.6 is 0 Å². The lowest BCUT2D eigenvalue weighted by Crippen LogP contribution is -2.14. The Morgan fingerprint density at radius 2 is 1.73 bits per heavy atom. The molecule has 0 aliphatic carbocycles. The van der Waals surface area contributed by atoms with Crippen LogP contribution in [0.25, 0.3) is 0 Å². The van der Waals surface area contributed by atoms with E-state index in [9.17, 15) is 13.2 Å². The number of aryl methyl sites for hydroxylation is 1. The maximum absolute atomic E-state index is 11.2. The second-order valence-corrected chi connectivity index (χ2v) is 4.13. The Balaban J connectivity index is 2.83. The number of benzene rings is 1. The highest BCUT2D eigenvalue weighted by atomic mass is 32.3. The minimum absolute atomic E-state index is 0.154. The van der Waals surface area contributed by atoms with Crippen LogP contribution in [0.5, 0.6) is 0 Å². The average molecular weight is 230 g/mol. The summed E-state index contributed by atoms with van der Waals surface area (Å²) in [6, 6.07) is 6.30. The first-order chi connectivity index (χ1) is 6.94. The minimum Gasteiger partial charge on any atom is -0.320 e. The number of rotatable bonds is 3. The largest absolute Gasteiger partial charge is 0.451 e. The van der Waals surface area contributed by atoms with E-state index in [0.29, 0.717) is 0 Å². The van der Waals surface area contributed by atoms with Crippen molar-refractivity contribution in [3.8, 4) is 0 Å². The van der Waals surface area contributed by atoms with E-state index in [4.69, 9.17) is 0 Å². The summed E-state index contributed by atoms with van der Waals surface area (Å²) in [5, 5.41) is 0. The molecule has 0 atom stereocenters. The lowest BCUT2D eigenvalue weighted by Gasteiger charge is -2.02. The Labute approximate surface area is 88.0 Å². The summed E-state index contributed by atoms with van der Waals surface area (Å²) in [7, 11) is -3.31. The van der Waals surface area contributed by atoms with Crippen LogP contribution in [0.4, 0.5) is 0 Å². The normalized spacial score (nSPS) is 11.1. The summed E-state index contributed by atoms with van der Waals surface area (Å²) < 4.78 is 29.7. The molecule has 5 nitrogen and oxygen atoms in total. The van der Waals surface area contributed by atoms with Crippen molar-refractivity contribution in [2.24, 2.45) is 0 Å². The van der Waals surface area contributed by atoms with Crippen LogP contribution in [0.3, 0.4) is 0 Å². The Hall–Kier alpha value is -1.40. The van der Waals surface area contributed by atoms with Gasteiger partial charge in [0.25, 0.3) is 0 Å². The van der Waals surface area contributed by atoms with Crippen LogP contribution in [0, 0.1) is 6.92 Å². The molecule has 15 heavy (non-hydrogen) atoms. The minimum atomic E-state index is -4.23. The smallest absolute Gasteiger partial charge is 0.320 e. The third-order valence-corrected chi connectivity index (χ3v) is 2.43. The highest BCUT2D eigenvalue weighted by Crippen LogP contribution is 2.07. The van der Waals surface area contributed by atoms with Gasteiger partial charge in [-0.1, -0.05) is 17.7 Å². The monoisotopic (exact) mass is 230 g/mol. The molecule has 0 aromatic heterocycles. The fourth-order valence-electron chi connectivity index (χ4n) is 0.864. The molecule has 0 amide bonds. The fraction of sp³-hybridized carbons (Fsp3) is 0.222. The van der Waals surface area contributed by atoms with Crippen molar-refractivity contribution in [2.75, 3.05) is 7.11 Å². The van der Waals surface area contributed by atoms with Gasteiger partial charge in [-0.15, -0.1) is 0 Å². The second kappa shape index (κ2) is 4.41. The van der Waals surface area contributed by atoms with Gasteiger partial charge in [0, 0.05) is 0 Å². The number of carbonyl (C=O) groups is 1. The van der Waals surface area contributed by atoms with E-state index < -0.39 is 16.4 Å². The van der Waals surface area contributed by atoms with E-state index in [1.807, 2.05) is 6.92 Å². The molecule has 0 aliphatic rings. The molecule has 6 heteroatoms. The molecule has 0 saturated carbocycles. The van der Waals surface area contributed by atoms with Gasteiger partial charge < -0.3 is 4.18 Å². The molecule has 0 radical (unpaired) electrons. The second-order valence-electron chi connectivity index (χ2n) is 2.81. The molecule has 1 aromatic rings. The molecule has 0 spiro atoms. The summed E-state index contributed by atoms with van der Waals surface area (Å²) in [5.74, 6) is -0.961. The third-order valence-electron chi connectivity index (χ3n) is 1.67. The van der Waals surface area contributed by atoms with Crippen LogP contribution in [0.15, 0.2) is 24.3 Å². The van der Waals surface area contributed by atoms with E-state index >= 15 is 0 Å². The van der Waals surface area contributed by atoms with E-state index in [1.165, 1.54) is 12.1 Å². The summed E-state index contributed by atoms with van der Waals surface area (Å²) in [4.78, 5) is 11.2. The van der Waals surface area contributed by atoms with Crippen molar-refractivity contribution in [1.82, 2.24) is 0 Å². The number of carbonyl (C=O) groups excluding carboxylic acids is 1. The Morgan fingerprint density at radius 3 is 2.20 bits per heavy atom. The quantitative estimate of drug-likeness (QED) is 0.776. The number of hydrogen-bond acceptors (Lipinski definition) is 5. The third kappa shape index (κ3) is 3.34. The fourth-order valence-corrected chi connectivity index (χ4v) is 1.21. The molecule has 0 aliphatic heterocycles. The van der Waals surface area contributed by atoms with Gasteiger partial charge in [-0.05, 0) is 19.1 Å². The molecule has 0 fully saturated rings. The molecule has 1 rings (SSSR count). The Morgan fingerprint density at radius 1 is 1.20 bits per heavy atom. The average Bonchev–Trinajstić information content (AvgIpc) is 2.18. The first kappa shape index (κ1) is 11.7. The standard InChI is InChI=1S/C9H10O5S/c1-7-3-5-8(6-4-7)9(10)14-15(11,12)13-2/h3-6H,1-2H3. The zero-order chi connectivity index (χ0) is 11.5. The van der Waals surface area contributed by atoms with Crippen molar-refractivity contribution in [3.05, 3.63) is 35.4 Å². The molecule has 0 saturated heterocycles. The highest BCUT2D eigenvalue weighted by Gasteiger charge is 2.17. The lowest BCUT2D eigenvalue weighted by molar-refractivity contribution is 0.0720. The van der Waals surface area contributed by atoms with E-state index in [0.717, 1.165) is 12.7 Å². The maximum Gasteiger partial charge on any atom is 0.451 e. The van der Waals surface area contributed by atoms with Crippen molar-refractivity contribution in [1.29, 1.82) is 0 Å². The molecule has 0 bridgehead atoms. The van der Waals surface area contributed by atoms with Gasteiger partial charge in [-0.25, -0.2) is 8.98 Å². The molecule has 1 aromatic carbocycles. The summed E-state index contributed by atoms with van der Waals surface area (Å²) >= 11 is 0. The number of hydrogen-bond donors (Lipinski definition) is 0. The SMILES string of the molecule is COS(=O)(=O)OC(=O)c1ccc(C)cc1. The Bertz CT molecular complexity index is 446. The van der Waals surface area contributed by atoms with Gasteiger partial charge in [-0.3, -0.25) is 0 Å². The first-order valence-corrected chi connectivity index (χ1v) is 5.39. The molecule has 0 unspecified atom stereocenters. The van der Waals surface area contributed by atoms with Crippen LogP contribution in [0.1, 0.15) is 15.9 Å². The zero-order valence-electron chi connectivity index (χ0n) is 8.26. The lowest BCUT2D eigenvalue weighted by atomic mass is 10.2. The van der Waals surface area contributed by atoms with Gasteiger partial charge in [0.05, 0.1) is 12.7 Å². The summed E-state index contributed by atoms with van der Waals surface area (Å²) in [6.07, 6.45) is 0. The van der Waals surface area contributed by atoms with Crippen LogP contribution in [-0.4, -0.2) is 21.5 Å². The van der Waals surface area contributed by atoms with Gasteiger partial charge >= 0.3 is 16.4 Å². The molecule has 82 valence electrons. The van der Waals surface area contributed by atoms with Crippen LogP contribution in [-0.2, 0) is 18.8 Å². The maximum atomic E-state index is 11.2. The first-order valence-electron chi connectivity index (χ1n) is 4.05. The summed E-state index contributed by atoms with van der Waals surface area (Å²) in [6.45, 7) is 1.85. The van der Waals surface area contributed by atoms with E-state index in [1.54, 1.807) is 12.1 Å². The van der Waals surface area contributed by atoms with Crippen LogP contribution in [0.2, 0.25) is 0 Å². The zero-order valence-corrected chi connectivity index (χ0v) is 9.08. The van der Waals surface area contributed by atoms with Crippen LogP contribution < -0.4 is 0 Å². The van der Waals surface area contributed by atoms with Gasteiger partial charge in [-0.2, -0.15) is 8.42 Å². The van der Waals surface area contributed by atoms with Crippen molar-refractivity contribution in [3.63, 3.8) is 0 Å². The van der Waals surface area contributed by atoms with E-state index in [-0.39, 0.29) is 5.56 Å².